The summed E-state index contributed by atoms with van der Waals surface area (Å²) in [6.07, 6.45) is 0. The van der Waals surface area contributed by atoms with Gasteiger partial charge in [-0.3, -0.25) is 0 Å². The number of rotatable bonds is 4. The highest BCUT2D eigenvalue weighted by atomic mass is 16.5. The van der Waals surface area contributed by atoms with E-state index in [-0.39, 0.29) is 0 Å². The molecule has 0 saturated carbocycles. The van der Waals surface area contributed by atoms with E-state index in [9.17, 15) is 0 Å². The van der Waals surface area contributed by atoms with Crippen molar-refractivity contribution in [3.8, 4) is 17.4 Å². The Morgan fingerprint density at radius 3 is 2.40 bits per heavy atom. The molecule has 0 spiro atoms. The molecule has 0 atom stereocenters. The molecule has 1 N–H and O–H groups in total. The summed E-state index contributed by atoms with van der Waals surface area (Å²) in [7, 11) is 1.64. The Morgan fingerprint density at radius 2 is 1.80 bits per heavy atom. The molecule has 0 radical (unpaired) electrons. The van der Waals surface area contributed by atoms with Crippen molar-refractivity contribution in [2.45, 2.75) is 12.8 Å². The molecule has 104 valence electrons. The fraction of sp³-hybridized carbons (Fsp3) is 0.333. The normalized spacial score (nSPS) is 14.7. The molecule has 0 amide bonds. The minimum absolute atomic E-state index is 0.396. The van der Waals surface area contributed by atoms with Crippen LogP contribution in [0, 0.1) is 6.92 Å². The van der Waals surface area contributed by atoms with Crippen molar-refractivity contribution in [2.24, 2.45) is 0 Å². The van der Waals surface area contributed by atoms with Crippen LogP contribution in [-0.4, -0.2) is 30.2 Å². The molecule has 0 unspecified atom stereocenters. The van der Waals surface area contributed by atoms with Gasteiger partial charge in [-0.25, -0.2) is 4.98 Å². The van der Waals surface area contributed by atoms with E-state index in [0.717, 1.165) is 36.1 Å². The zero-order chi connectivity index (χ0) is 13.9. The first-order chi connectivity index (χ1) is 9.74. The number of nitrogens with zero attached hydrogens (tertiary/aromatic N) is 2. The maximum Gasteiger partial charge on any atom is 0.222 e. The van der Waals surface area contributed by atoms with Gasteiger partial charge in [-0.2, -0.15) is 4.98 Å². The Balaban J connectivity index is 1.80. The van der Waals surface area contributed by atoms with E-state index in [0.29, 0.717) is 11.8 Å². The SMILES string of the molecule is COc1ccc(Oc2cc(C)nc(C3CNC3)n2)cc1. The lowest BCUT2D eigenvalue weighted by Crippen LogP contribution is -2.40. The molecule has 0 bridgehead atoms. The third kappa shape index (κ3) is 2.72. The van der Waals surface area contributed by atoms with Gasteiger partial charge in [0.15, 0.2) is 0 Å². The molecular weight excluding hydrogens is 254 g/mol. The molecule has 2 aromatic rings. The topological polar surface area (TPSA) is 56.3 Å². The van der Waals surface area contributed by atoms with Crippen molar-refractivity contribution in [1.29, 1.82) is 0 Å². The van der Waals surface area contributed by atoms with Crippen molar-refractivity contribution in [1.82, 2.24) is 15.3 Å². The number of hydrogen-bond acceptors (Lipinski definition) is 5. The van der Waals surface area contributed by atoms with Crippen LogP contribution >= 0.6 is 0 Å². The third-order valence-corrected chi connectivity index (χ3v) is 3.28. The standard InChI is InChI=1S/C15H17N3O2/c1-10-7-14(18-15(17-10)11-8-16-9-11)20-13-5-3-12(19-2)4-6-13/h3-7,11,16H,8-9H2,1-2H3. The quantitative estimate of drug-likeness (QED) is 0.924. The van der Waals surface area contributed by atoms with Gasteiger partial charge in [0.2, 0.25) is 5.88 Å². The Kier molecular flexibility index (Phi) is 3.52. The third-order valence-electron chi connectivity index (χ3n) is 3.28. The second-order valence-electron chi connectivity index (χ2n) is 4.84. The Bertz CT molecular complexity index is 595. The molecule has 0 aliphatic carbocycles. The van der Waals surface area contributed by atoms with E-state index in [1.54, 1.807) is 7.11 Å². The first kappa shape index (κ1) is 12.9. The Labute approximate surface area is 118 Å². The lowest BCUT2D eigenvalue weighted by Gasteiger charge is -2.25. The van der Waals surface area contributed by atoms with Gasteiger partial charge < -0.3 is 14.8 Å². The van der Waals surface area contributed by atoms with Crippen molar-refractivity contribution in [3.63, 3.8) is 0 Å². The summed E-state index contributed by atoms with van der Waals surface area (Å²) in [5, 5.41) is 3.23. The number of benzene rings is 1. The van der Waals surface area contributed by atoms with Gasteiger partial charge in [0.25, 0.3) is 0 Å². The zero-order valence-electron chi connectivity index (χ0n) is 11.6. The van der Waals surface area contributed by atoms with Crippen LogP contribution in [0.25, 0.3) is 0 Å². The van der Waals surface area contributed by atoms with Gasteiger partial charge in [-0.05, 0) is 31.2 Å². The maximum absolute atomic E-state index is 5.79. The molecule has 20 heavy (non-hydrogen) atoms. The van der Waals surface area contributed by atoms with E-state index in [2.05, 4.69) is 15.3 Å². The Morgan fingerprint density at radius 1 is 1.10 bits per heavy atom. The van der Waals surface area contributed by atoms with Gasteiger partial charge in [0.05, 0.1) is 7.11 Å². The second-order valence-corrected chi connectivity index (χ2v) is 4.84. The van der Waals surface area contributed by atoms with Crippen molar-refractivity contribution in [3.05, 3.63) is 41.9 Å². The van der Waals surface area contributed by atoms with Gasteiger partial charge in [0.1, 0.15) is 17.3 Å². The first-order valence-corrected chi connectivity index (χ1v) is 6.63. The van der Waals surface area contributed by atoms with Crippen LogP contribution < -0.4 is 14.8 Å². The minimum Gasteiger partial charge on any atom is -0.497 e. The number of nitrogens with one attached hydrogen (secondary N) is 1. The molecule has 1 aliphatic rings. The van der Waals surface area contributed by atoms with E-state index in [1.807, 2.05) is 37.3 Å². The molecule has 1 aromatic heterocycles. The van der Waals surface area contributed by atoms with Gasteiger partial charge in [-0.1, -0.05) is 0 Å². The molecule has 1 fully saturated rings. The molecule has 1 aromatic carbocycles. The predicted molar refractivity (Wildman–Crippen MR) is 75.4 cm³/mol. The highest BCUT2D eigenvalue weighted by Gasteiger charge is 2.22. The van der Waals surface area contributed by atoms with E-state index in [1.165, 1.54) is 0 Å². The Hall–Kier alpha value is -2.14. The lowest BCUT2D eigenvalue weighted by atomic mass is 10.0. The van der Waals surface area contributed by atoms with Gasteiger partial charge >= 0.3 is 0 Å². The van der Waals surface area contributed by atoms with E-state index in [4.69, 9.17) is 9.47 Å². The van der Waals surface area contributed by atoms with Gasteiger partial charge in [-0.15, -0.1) is 0 Å². The van der Waals surface area contributed by atoms with Crippen molar-refractivity contribution < 1.29 is 9.47 Å². The monoisotopic (exact) mass is 271 g/mol. The van der Waals surface area contributed by atoms with Gasteiger partial charge in [0, 0.05) is 30.8 Å². The summed E-state index contributed by atoms with van der Waals surface area (Å²) in [6.45, 7) is 3.83. The minimum atomic E-state index is 0.396. The smallest absolute Gasteiger partial charge is 0.222 e. The predicted octanol–water partition coefficient (Wildman–Crippen LogP) is 2.27. The largest absolute Gasteiger partial charge is 0.497 e. The van der Waals surface area contributed by atoms with E-state index >= 15 is 0 Å². The summed E-state index contributed by atoms with van der Waals surface area (Å²) in [5.41, 5.74) is 0.922. The van der Waals surface area contributed by atoms with Crippen molar-refractivity contribution in [2.75, 3.05) is 20.2 Å². The van der Waals surface area contributed by atoms with Crippen LogP contribution in [-0.2, 0) is 0 Å². The molecule has 1 aliphatic heterocycles. The zero-order valence-corrected chi connectivity index (χ0v) is 11.6. The summed E-state index contributed by atoms with van der Waals surface area (Å²) in [4.78, 5) is 8.96. The number of aryl methyl sites for hydroxylation is 1. The molecule has 5 nitrogen and oxygen atoms in total. The highest BCUT2D eigenvalue weighted by Crippen LogP contribution is 2.25. The summed E-state index contributed by atoms with van der Waals surface area (Å²) in [5.74, 6) is 3.38. The molecular formula is C15H17N3O2. The van der Waals surface area contributed by atoms with Crippen molar-refractivity contribution >= 4 is 0 Å². The lowest BCUT2D eigenvalue weighted by molar-refractivity contribution is 0.407. The number of ether oxygens (including phenoxy) is 2. The summed E-state index contributed by atoms with van der Waals surface area (Å²) in [6, 6.07) is 9.29. The molecule has 3 rings (SSSR count). The van der Waals surface area contributed by atoms with E-state index < -0.39 is 0 Å². The van der Waals surface area contributed by atoms with Crippen LogP contribution in [0.2, 0.25) is 0 Å². The number of methoxy groups -OCH3 is 1. The fourth-order valence-electron chi connectivity index (χ4n) is 2.03. The molecule has 5 heteroatoms. The average molecular weight is 271 g/mol. The van der Waals surface area contributed by atoms with Crippen LogP contribution in [0.15, 0.2) is 30.3 Å². The maximum atomic E-state index is 5.79. The van der Waals surface area contributed by atoms with Crippen LogP contribution in [0.3, 0.4) is 0 Å². The molecule has 1 saturated heterocycles. The summed E-state index contributed by atoms with van der Waals surface area (Å²) >= 11 is 0. The molecule has 2 heterocycles. The number of aromatic nitrogens is 2. The highest BCUT2D eigenvalue weighted by molar-refractivity contribution is 5.34. The van der Waals surface area contributed by atoms with Crippen LogP contribution in [0.4, 0.5) is 0 Å². The number of hydrogen-bond donors (Lipinski definition) is 1. The fourth-order valence-corrected chi connectivity index (χ4v) is 2.03. The first-order valence-electron chi connectivity index (χ1n) is 6.63. The van der Waals surface area contributed by atoms with Crippen LogP contribution in [0.5, 0.6) is 17.4 Å². The van der Waals surface area contributed by atoms with Crippen LogP contribution in [0.1, 0.15) is 17.4 Å². The summed E-state index contributed by atoms with van der Waals surface area (Å²) < 4.78 is 10.9. The second kappa shape index (κ2) is 5.46. The average Bonchev–Trinajstić information content (AvgIpc) is 2.37.